The van der Waals surface area contributed by atoms with Gasteiger partial charge in [-0.3, -0.25) is 0 Å². The van der Waals surface area contributed by atoms with Gasteiger partial charge in [0.15, 0.2) is 0 Å². The van der Waals surface area contributed by atoms with Crippen molar-refractivity contribution in [3.8, 4) is 11.4 Å². The monoisotopic (exact) mass is 423 g/mol. The summed E-state index contributed by atoms with van der Waals surface area (Å²) in [7, 11) is 1.64. The second-order valence-electron chi connectivity index (χ2n) is 7.29. The summed E-state index contributed by atoms with van der Waals surface area (Å²) in [6.07, 6.45) is 4.00. The molecule has 0 bridgehead atoms. The van der Waals surface area contributed by atoms with Crippen molar-refractivity contribution >= 4 is 18.0 Å². The first kappa shape index (κ1) is 20.6. The highest BCUT2D eigenvalue weighted by atomic mass is 16.6. The lowest BCUT2D eigenvalue weighted by molar-refractivity contribution is 0.178. The molecular formula is C21H25N7O3. The number of aryl methyl sites for hydroxylation is 1. The summed E-state index contributed by atoms with van der Waals surface area (Å²) in [6, 6.07) is 7.48. The average Bonchev–Trinajstić information content (AvgIpc) is 3.40. The molecule has 1 saturated heterocycles. The summed E-state index contributed by atoms with van der Waals surface area (Å²) in [5.74, 6) is 1.95. The number of anilines is 2. The van der Waals surface area contributed by atoms with E-state index < -0.39 is 6.09 Å². The molecule has 162 valence electrons. The van der Waals surface area contributed by atoms with Crippen LogP contribution in [0.2, 0.25) is 0 Å². The minimum atomic E-state index is -0.437. The second kappa shape index (κ2) is 8.58. The zero-order chi connectivity index (χ0) is 22.0. The van der Waals surface area contributed by atoms with E-state index in [4.69, 9.17) is 9.47 Å². The fourth-order valence-corrected chi connectivity index (χ4v) is 3.39. The first-order chi connectivity index (χ1) is 15.0. The maximum Gasteiger partial charge on any atom is 0.417 e. The lowest BCUT2D eigenvalue weighted by Crippen LogP contribution is -2.34. The van der Waals surface area contributed by atoms with E-state index in [9.17, 15) is 4.79 Å². The van der Waals surface area contributed by atoms with Crippen LogP contribution < -0.4 is 15.0 Å². The third-order valence-corrected chi connectivity index (χ3v) is 5.13. The molecular weight excluding hydrogens is 398 g/mol. The van der Waals surface area contributed by atoms with Crippen molar-refractivity contribution in [2.45, 2.75) is 39.3 Å². The lowest BCUT2D eigenvalue weighted by atomic mass is 10.2. The predicted molar refractivity (Wildman–Crippen MR) is 115 cm³/mol. The highest BCUT2D eigenvalue weighted by Gasteiger charge is 2.35. The SMILES string of the molecule is CC[C@H]1COC(=O)N1c1nc(C)nc(N[C@@H](C)c2cn(-c3cccc(OC)c3)cn2)n1. The van der Waals surface area contributed by atoms with E-state index in [0.29, 0.717) is 24.3 Å². The number of rotatable bonds is 7. The van der Waals surface area contributed by atoms with Crippen molar-refractivity contribution in [3.63, 3.8) is 0 Å². The van der Waals surface area contributed by atoms with Crippen LogP contribution in [0, 0.1) is 6.92 Å². The molecule has 1 N–H and O–H groups in total. The summed E-state index contributed by atoms with van der Waals surface area (Å²) >= 11 is 0. The minimum absolute atomic E-state index is 0.0851. The quantitative estimate of drug-likeness (QED) is 0.617. The molecule has 10 heteroatoms. The van der Waals surface area contributed by atoms with Crippen LogP contribution in [0.3, 0.4) is 0 Å². The Bertz CT molecular complexity index is 1080. The molecule has 1 aliphatic rings. The number of cyclic esters (lactones) is 1. The Morgan fingerprint density at radius 3 is 2.94 bits per heavy atom. The zero-order valence-corrected chi connectivity index (χ0v) is 17.9. The van der Waals surface area contributed by atoms with Crippen LogP contribution in [-0.4, -0.2) is 50.4 Å². The van der Waals surface area contributed by atoms with Crippen LogP contribution in [0.15, 0.2) is 36.8 Å². The van der Waals surface area contributed by atoms with E-state index in [-0.39, 0.29) is 12.1 Å². The van der Waals surface area contributed by atoms with Gasteiger partial charge in [0.2, 0.25) is 11.9 Å². The van der Waals surface area contributed by atoms with E-state index >= 15 is 0 Å². The molecule has 0 saturated carbocycles. The Morgan fingerprint density at radius 2 is 2.16 bits per heavy atom. The highest BCUT2D eigenvalue weighted by Crippen LogP contribution is 2.24. The maximum absolute atomic E-state index is 12.2. The molecule has 2 aromatic heterocycles. The van der Waals surface area contributed by atoms with Crippen molar-refractivity contribution in [2.24, 2.45) is 0 Å². The molecule has 10 nitrogen and oxygen atoms in total. The van der Waals surface area contributed by atoms with Gasteiger partial charge in [-0.15, -0.1) is 0 Å². The Kier molecular flexibility index (Phi) is 5.70. The standard InChI is InChI=1S/C21H25N7O3/c1-5-15-11-31-21(29)28(15)20-25-14(3)24-19(26-20)23-13(2)18-10-27(12-22-18)16-7-6-8-17(9-16)30-4/h6-10,12-13,15H,5,11H2,1-4H3,(H,23,24,25,26)/t13-,15-/m0/s1. The van der Waals surface area contributed by atoms with E-state index in [1.54, 1.807) is 20.4 Å². The number of carbonyl (C=O) groups excluding carboxylic acids is 1. The fraction of sp³-hybridized carbons (Fsp3) is 0.381. The van der Waals surface area contributed by atoms with Gasteiger partial charge in [-0.25, -0.2) is 14.7 Å². The van der Waals surface area contributed by atoms with Crippen molar-refractivity contribution < 1.29 is 14.3 Å². The molecule has 1 aromatic carbocycles. The molecule has 0 spiro atoms. The van der Waals surface area contributed by atoms with Gasteiger partial charge in [0.25, 0.3) is 0 Å². The summed E-state index contributed by atoms with van der Waals surface area (Å²) in [5.41, 5.74) is 1.76. The topological polar surface area (TPSA) is 107 Å². The Labute approximate surface area is 180 Å². The van der Waals surface area contributed by atoms with Crippen molar-refractivity contribution in [2.75, 3.05) is 23.9 Å². The summed E-state index contributed by atoms with van der Waals surface area (Å²) in [4.78, 5) is 31.3. The van der Waals surface area contributed by atoms with Gasteiger partial charge in [0.1, 0.15) is 18.2 Å². The van der Waals surface area contributed by atoms with Crippen LogP contribution >= 0.6 is 0 Å². The van der Waals surface area contributed by atoms with Gasteiger partial charge in [-0.1, -0.05) is 13.0 Å². The number of carbonyl (C=O) groups is 1. The van der Waals surface area contributed by atoms with Gasteiger partial charge in [0.05, 0.1) is 36.9 Å². The van der Waals surface area contributed by atoms with Crippen LogP contribution in [-0.2, 0) is 4.74 Å². The number of hydrogen-bond donors (Lipinski definition) is 1. The van der Waals surface area contributed by atoms with Crippen molar-refractivity contribution in [1.29, 1.82) is 0 Å². The first-order valence-electron chi connectivity index (χ1n) is 10.1. The molecule has 31 heavy (non-hydrogen) atoms. The smallest absolute Gasteiger partial charge is 0.417 e. The maximum atomic E-state index is 12.2. The second-order valence-corrected chi connectivity index (χ2v) is 7.29. The molecule has 0 radical (unpaired) electrons. The highest BCUT2D eigenvalue weighted by molar-refractivity contribution is 5.88. The summed E-state index contributed by atoms with van der Waals surface area (Å²) in [6.45, 7) is 6.06. The number of benzene rings is 1. The zero-order valence-electron chi connectivity index (χ0n) is 17.9. The number of aromatic nitrogens is 5. The average molecular weight is 423 g/mol. The lowest BCUT2D eigenvalue weighted by Gasteiger charge is -2.19. The van der Waals surface area contributed by atoms with Crippen LogP contribution in [0.25, 0.3) is 5.69 Å². The van der Waals surface area contributed by atoms with E-state index in [0.717, 1.165) is 23.6 Å². The Hall–Kier alpha value is -3.69. The molecule has 0 unspecified atom stereocenters. The molecule has 2 atom stereocenters. The number of imidazole rings is 1. The minimum Gasteiger partial charge on any atom is -0.497 e. The van der Waals surface area contributed by atoms with Gasteiger partial charge in [-0.05, 0) is 32.4 Å². The molecule has 3 heterocycles. The van der Waals surface area contributed by atoms with E-state index in [1.165, 1.54) is 4.90 Å². The predicted octanol–water partition coefficient (Wildman–Crippen LogP) is 3.28. The number of nitrogens with one attached hydrogen (secondary N) is 1. The fourth-order valence-electron chi connectivity index (χ4n) is 3.39. The van der Waals surface area contributed by atoms with Gasteiger partial charge >= 0.3 is 6.09 Å². The third kappa shape index (κ3) is 4.27. The molecule has 4 rings (SSSR count). The van der Waals surface area contributed by atoms with Crippen molar-refractivity contribution in [3.05, 3.63) is 48.3 Å². The first-order valence-corrected chi connectivity index (χ1v) is 10.1. The number of nitrogens with zero attached hydrogens (tertiary/aromatic N) is 6. The molecule has 3 aromatic rings. The number of amides is 1. The molecule has 1 fully saturated rings. The van der Waals surface area contributed by atoms with Crippen molar-refractivity contribution in [1.82, 2.24) is 24.5 Å². The van der Waals surface area contributed by atoms with Gasteiger partial charge < -0.3 is 19.4 Å². The van der Waals surface area contributed by atoms with Crippen LogP contribution in [0.5, 0.6) is 5.75 Å². The normalized spacial score (nSPS) is 16.8. The molecule has 0 aliphatic carbocycles. The summed E-state index contributed by atoms with van der Waals surface area (Å²) < 4.78 is 12.4. The summed E-state index contributed by atoms with van der Waals surface area (Å²) in [5, 5.41) is 3.26. The number of hydrogen-bond acceptors (Lipinski definition) is 8. The molecule has 1 amide bonds. The van der Waals surface area contributed by atoms with Crippen LogP contribution in [0.1, 0.15) is 37.8 Å². The molecule has 1 aliphatic heterocycles. The van der Waals surface area contributed by atoms with E-state index in [1.807, 2.05) is 48.9 Å². The largest absolute Gasteiger partial charge is 0.497 e. The third-order valence-electron chi connectivity index (χ3n) is 5.13. The Balaban J connectivity index is 1.54. The van der Waals surface area contributed by atoms with E-state index in [2.05, 4.69) is 25.3 Å². The Morgan fingerprint density at radius 1 is 1.32 bits per heavy atom. The van der Waals surface area contributed by atoms with Gasteiger partial charge in [-0.2, -0.15) is 15.0 Å². The van der Waals surface area contributed by atoms with Gasteiger partial charge in [0, 0.05) is 12.3 Å². The van der Waals surface area contributed by atoms with Crippen LogP contribution in [0.4, 0.5) is 16.7 Å². The number of methoxy groups -OCH3 is 1. The number of ether oxygens (including phenoxy) is 2.